The van der Waals surface area contributed by atoms with Gasteiger partial charge in [0.05, 0.1) is 6.04 Å². The van der Waals surface area contributed by atoms with Crippen LogP contribution in [-0.4, -0.2) is 34.9 Å². The molecular formula is C17H23N3O. The summed E-state index contributed by atoms with van der Waals surface area (Å²) in [5.41, 5.74) is 8.40. The van der Waals surface area contributed by atoms with Gasteiger partial charge >= 0.3 is 0 Å². The molecule has 3 rings (SSSR count). The summed E-state index contributed by atoms with van der Waals surface area (Å²) in [6.45, 7) is 1.72. The molecule has 1 amide bonds. The van der Waals surface area contributed by atoms with Crippen LogP contribution in [0.25, 0.3) is 10.9 Å². The van der Waals surface area contributed by atoms with E-state index in [0.29, 0.717) is 6.42 Å². The van der Waals surface area contributed by atoms with Crippen molar-refractivity contribution in [1.29, 1.82) is 0 Å². The molecule has 1 aromatic heterocycles. The van der Waals surface area contributed by atoms with E-state index in [1.165, 1.54) is 12.8 Å². The number of H-pyrrole nitrogens is 1. The third-order valence-corrected chi connectivity index (χ3v) is 4.35. The predicted octanol–water partition coefficient (Wildman–Crippen LogP) is 2.44. The van der Waals surface area contributed by atoms with Crippen molar-refractivity contribution in [3.8, 4) is 0 Å². The van der Waals surface area contributed by atoms with Crippen LogP contribution in [0.4, 0.5) is 0 Å². The van der Waals surface area contributed by atoms with E-state index in [9.17, 15) is 4.79 Å². The van der Waals surface area contributed by atoms with Gasteiger partial charge in [-0.2, -0.15) is 0 Å². The average Bonchev–Trinajstić information content (AvgIpc) is 2.74. The highest BCUT2D eigenvalue weighted by atomic mass is 16.2. The van der Waals surface area contributed by atoms with E-state index in [1.54, 1.807) is 0 Å². The number of para-hydroxylation sites is 1. The third kappa shape index (κ3) is 3.10. The first-order valence-corrected chi connectivity index (χ1v) is 7.85. The highest BCUT2D eigenvalue weighted by molar-refractivity contribution is 5.86. The highest BCUT2D eigenvalue weighted by Gasteiger charge is 2.22. The smallest absolute Gasteiger partial charge is 0.239 e. The molecule has 112 valence electrons. The highest BCUT2D eigenvalue weighted by Crippen LogP contribution is 2.19. The monoisotopic (exact) mass is 285 g/mol. The van der Waals surface area contributed by atoms with E-state index in [2.05, 4.69) is 11.1 Å². The van der Waals surface area contributed by atoms with Crippen molar-refractivity contribution >= 4 is 16.8 Å². The first-order chi connectivity index (χ1) is 10.3. The van der Waals surface area contributed by atoms with E-state index in [4.69, 9.17) is 5.73 Å². The normalized spacial score (nSPS) is 17.7. The number of nitrogens with two attached hydrogens (primary N) is 1. The van der Waals surface area contributed by atoms with Gasteiger partial charge in [0.1, 0.15) is 0 Å². The molecule has 0 saturated carbocycles. The lowest BCUT2D eigenvalue weighted by molar-refractivity contribution is -0.132. The summed E-state index contributed by atoms with van der Waals surface area (Å²) in [6, 6.07) is 7.69. The third-order valence-electron chi connectivity index (χ3n) is 4.35. The molecule has 1 saturated heterocycles. The number of nitrogens with one attached hydrogen (secondary N) is 1. The first-order valence-electron chi connectivity index (χ1n) is 7.85. The van der Waals surface area contributed by atoms with Gasteiger partial charge in [0.2, 0.25) is 5.91 Å². The number of carbonyl (C=O) groups excluding carboxylic acids is 1. The number of likely N-dealkylation sites (tertiary alicyclic amines) is 1. The molecule has 1 aliphatic heterocycles. The summed E-state index contributed by atoms with van der Waals surface area (Å²) in [5.74, 6) is 0.0992. The Hall–Kier alpha value is -1.81. The fourth-order valence-corrected chi connectivity index (χ4v) is 3.15. The SMILES string of the molecule is N[C@H](Cc1c[nH]c2ccccc12)C(=O)N1CCCCCC1. The van der Waals surface area contributed by atoms with Crippen LogP contribution < -0.4 is 5.73 Å². The van der Waals surface area contributed by atoms with Crippen molar-refractivity contribution in [2.75, 3.05) is 13.1 Å². The van der Waals surface area contributed by atoms with Gasteiger partial charge in [0, 0.05) is 30.2 Å². The molecule has 0 aliphatic carbocycles. The Balaban J connectivity index is 1.70. The molecule has 3 N–H and O–H groups in total. The van der Waals surface area contributed by atoms with E-state index >= 15 is 0 Å². The molecule has 0 spiro atoms. The van der Waals surface area contributed by atoms with Crippen molar-refractivity contribution in [3.05, 3.63) is 36.0 Å². The Bertz CT molecular complexity index is 611. The molecule has 1 aromatic carbocycles. The van der Waals surface area contributed by atoms with Gasteiger partial charge < -0.3 is 15.6 Å². The summed E-state index contributed by atoms with van der Waals surface area (Å²) in [7, 11) is 0. The van der Waals surface area contributed by atoms with Gasteiger partial charge in [-0.15, -0.1) is 0 Å². The lowest BCUT2D eigenvalue weighted by Gasteiger charge is -2.23. The number of fused-ring (bicyclic) bond motifs is 1. The Labute approximate surface area is 125 Å². The minimum Gasteiger partial charge on any atom is -0.361 e. The maximum atomic E-state index is 12.5. The van der Waals surface area contributed by atoms with Crippen LogP contribution in [0.3, 0.4) is 0 Å². The Morgan fingerprint density at radius 3 is 2.67 bits per heavy atom. The number of nitrogens with zero attached hydrogens (tertiary/aromatic N) is 1. The summed E-state index contributed by atoms with van der Waals surface area (Å²) < 4.78 is 0. The molecule has 21 heavy (non-hydrogen) atoms. The van der Waals surface area contributed by atoms with Crippen molar-refractivity contribution in [2.24, 2.45) is 5.73 Å². The van der Waals surface area contributed by atoms with Crippen LogP contribution in [0.1, 0.15) is 31.2 Å². The van der Waals surface area contributed by atoms with E-state index in [0.717, 1.165) is 42.4 Å². The van der Waals surface area contributed by atoms with Gasteiger partial charge in [0.25, 0.3) is 0 Å². The van der Waals surface area contributed by atoms with Crippen LogP contribution in [-0.2, 0) is 11.2 Å². The maximum Gasteiger partial charge on any atom is 0.239 e. The fourth-order valence-electron chi connectivity index (χ4n) is 3.15. The molecule has 1 aliphatic rings. The summed E-state index contributed by atoms with van der Waals surface area (Å²) in [6.07, 6.45) is 7.22. The Morgan fingerprint density at radius 1 is 1.19 bits per heavy atom. The van der Waals surface area contributed by atoms with Gasteiger partial charge in [-0.05, 0) is 30.9 Å². The van der Waals surface area contributed by atoms with Gasteiger partial charge in [-0.25, -0.2) is 0 Å². The van der Waals surface area contributed by atoms with Crippen LogP contribution in [0.15, 0.2) is 30.5 Å². The van der Waals surface area contributed by atoms with E-state index in [-0.39, 0.29) is 5.91 Å². The molecule has 0 unspecified atom stereocenters. The summed E-state index contributed by atoms with van der Waals surface area (Å²) in [5, 5.41) is 1.16. The molecule has 2 heterocycles. The quantitative estimate of drug-likeness (QED) is 0.910. The fraction of sp³-hybridized carbons (Fsp3) is 0.471. The van der Waals surface area contributed by atoms with Crippen molar-refractivity contribution < 1.29 is 4.79 Å². The number of rotatable bonds is 3. The lowest BCUT2D eigenvalue weighted by Crippen LogP contribution is -2.45. The van der Waals surface area contributed by atoms with Gasteiger partial charge in [-0.3, -0.25) is 4.79 Å². The van der Waals surface area contributed by atoms with Crippen LogP contribution in [0.2, 0.25) is 0 Å². The standard InChI is InChI=1S/C17H23N3O/c18-15(17(21)20-9-5-1-2-6-10-20)11-13-12-19-16-8-4-3-7-14(13)16/h3-4,7-8,12,15,19H,1-2,5-6,9-11,18H2/t15-/m1/s1. The number of carbonyl (C=O) groups is 1. The van der Waals surface area contributed by atoms with Crippen molar-refractivity contribution in [2.45, 2.75) is 38.1 Å². The van der Waals surface area contributed by atoms with Gasteiger partial charge in [-0.1, -0.05) is 31.0 Å². The molecule has 1 atom stereocenters. The molecule has 1 fully saturated rings. The van der Waals surface area contributed by atoms with E-state index in [1.807, 2.05) is 29.3 Å². The van der Waals surface area contributed by atoms with Gasteiger partial charge in [0.15, 0.2) is 0 Å². The first kappa shape index (κ1) is 14.1. The molecular weight excluding hydrogens is 262 g/mol. The molecule has 2 aromatic rings. The number of aromatic nitrogens is 1. The second kappa shape index (κ2) is 6.31. The number of hydrogen-bond donors (Lipinski definition) is 2. The zero-order valence-electron chi connectivity index (χ0n) is 12.3. The minimum absolute atomic E-state index is 0.0992. The summed E-state index contributed by atoms with van der Waals surface area (Å²) >= 11 is 0. The lowest BCUT2D eigenvalue weighted by atomic mass is 10.0. The minimum atomic E-state index is -0.442. The summed E-state index contributed by atoms with van der Waals surface area (Å²) in [4.78, 5) is 17.7. The van der Waals surface area contributed by atoms with Crippen LogP contribution in [0, 0.1) is 0 Å². The topological polar surface area (TPSA) is 62.1 Å². The second-order valence-corrected chi connectivity index (χ2v) is 5.91. The Kier molecular flexibility index (Phi) is 4.25. The molecule has 0 radical (unpaired) electrons. The predicted molar refractivity (Wildman–Crippen MR) is 85.0 cm³/mol. The van der Waals surface area contributed by atoms with E-state index < -0.39 is 6.04 Å². The van der Waals surface area contributed by atoms with Crippen LogP contribution in [0.5, 0.6) is 0 Å². The zero-order chi connectivity index (χ0) is 14.7. The Morgan fingerprint density at radius 2 is 1.90 bits per heavy atom. The molecule has 4 heteroatoms. The largest absolute Gasteiger partial charge is 0.361 e. The second-order valence-electron chi connectivity index (χ2n) is 5.91. The molecule has 0 bridgehead atoms. The molecule has 4 nitrogen and oxygen atoms in total. The number of amides is 1. The average molecular weight is 285 g/mol. The number of aromatic amines is 1. The zero-order valence-corrected chi connectivity index (χ0v) is 12.3. The number of hydrogen-bond acceptors (Lipinski definition) is 2. The van der Waals surface area contributed by atoms with Crippen molar-refractivity contribution in [1.82, 2.24) is 9.88 Å². The maximum absolute atomic E-state index is 12.5. The number of benzene rings is 1. The van der Waals surface area contributed by atoms with Crippen molar-refractivity contribution in [3.63, 3.8) is 0 Å². The van der Waals surface area contributed by atoms with Crippen LogP contribution >= 0.6 is 0 Å².